The maximum Gasteiger partial charge on any atom is 0.118 e. The number of methoxy groups -OCH3 is 1. The van der Waals surface area contributed by atoms with Crippen molar-refractivity contribution in [3.05, 3.63) is 62.0 Å². The molecule has 1 atom stereocenters. The molecule has 1 unspecified atom stereocenters. The minimum Gasteiger partial charge on any atom is -0.497 e. The average Bonchev–Trinajstić information content (AvgIpc) is 2.46. The Morgan fingerprint density at radius 2 is 1.70 bits per heavy atom. The summed E-state index contributed by atoms with van der Waals surface area (Å²) in [5.74, 6) is 0.868. The first-order valence-electron chi connectivity index (χ1n) is 6.33. The number of nitrogens with one attached hydrogen (secondary N) is 1. The largest absolute Gasteiger partial charge is 0.497 e. The van der Waals surface area contributed by atoms with E-state index in [0.717, 1.165) is 14.7 Å². The van der Waals surface area contributed by atoms with Crippen LogP contribution in [0.2, 0.25) is 0 Å². The minimum atomic E-state index is 0.132. The summed E-state index contributed by atoms with van der Waals surface area (Å²) in [5, 5.41) is 3.37. The van der Waals surface area contributed by atoms with Gasteiger partial charge in [-0.15, -0.1) is 0 Å². The number of rotatable bonds is 4. The summed E-state index contributed by atoms with van der Waals surface area (Å²) in [6.07, 6.45) is 0. The van der Waals surface area contributed by atoms with Gasteiger partial charge in [0.25, 0.3) is 0 Å². The first-order valence-corrected chi connectivity index (χ1v) is 7.92. The third kappa shape index (κ3) is 3.25. The predicted octanol–water partition coefficient (Wildman–Crippen LogP) is 4.84. The lowest BCUT2D eigenvalue weighted by Crippen LogP contribution is -2.18. The van der Waals surface area contributed by atoms with Gasteiger partial charge < -0.3 is 10.1 Å². The van der Waals surface area contributed by atoms with Crippen LogP contribution in [0, 0.1) is 6.92 Å². The van der Waals surface area contributed by atoms with Crippen molar-refractivity contribution in [2.45, 2.75) is 13.0 Å². The lowest BCUT2D eigenvalue weighted by Gasteiger charge is -2.20. The molecular weight excluding hydrogens is 382 g/mol. The van der Waals surface area contributed by atoms with Crippen molar-refractivity contribution in [2.75, 3.05) is 14.2 Å². The second-order valence-corrected chi connectivity index (χ2v) is 6.33. The molecule has 106 valence electrons. The van der Waals surface area contributed by atoms with Crippen LogP contribution < -0.4 is 10.1 Å². The molecule has 0 aliphatic rings. The van der Waals surface area contributed by atoms with E-state index in [1.165, 1.54) is 16.7 Å². The maximum absolute atomic E-state index is 5.21. The van der Waals surface area contributed by atoms with Crippen molar-refractivity contribution < 1.29 is 4.74 Å². The summed E-state index contributed by atoms with van der Waals surface area (Å²) in [6, 6.07) is 12.6. The Hall–Kier alpha value is -0.840. The average molecular weight is 399 g/mol. The van der Waals surface area contributed by atoms with Crippen LogP contribution in [0.5, 0.6) is 5.75 Å². The molecule has 0 saturated carbocycles. The minimum absolute atomic E-state index is 0.132. The molecule has 0 aromatic heterocycles. The van der Waals surface area contributed by atoms with E-state index in [-0.39, 0.29) is 6.04 Å². The van der Waals surface area contributed by atoms with Crippen molar-refractivity contribution in [1.29, 1.82) is 0 Å². The van der Waals surface area contributed by atoms with Crippen LogP contribution in [0.4, 0.5) is 0 Å². The van der Waals surface area contributed by atoms with Gasteiger partial charge in [-0.2, -0.15) is 0 Å². The van der Waals surface area contributed by atoms with E-state index in [1.54, 1.807) is 7.11 Å². The van der Waals surface area contributed by atoms with Gasteiger partial charge in [0.15, 0.2) is 0 Å². The van der Waals surface area contributed by atoms with E-state index in [9.17, 15) is 0 Å². The van der Waals surface area contributed by atoms with Gasteiger partial charge >= 0.3 is 0 Å². The lowest BCUT2D eigenvalue weighted by molar-refractivity contribution is 0.414. The summed E-state index contributed by atoms with van der Waals surface area (Å²) < 4.78 is 7.43. The van der Waals surface area contributed by atoms with Gasteiger partial charge in [0.1, 0.15) is 5.75 Å². The fourth-order valence-corrected chi connectivity index (χ4v) is 3.23. The molecule has 0 radical (unpaired) electrons. The smallest absolute Gasteiger partial charge is 0.118 e. The van der Waals surface area contributed by atoms with Crippen LogP contribution in [-0.2, 0) is 0 Å². The second kappa shape index (κ2) is 6.74. The molecule has 2 aromatic rings. The van der Waals surface area contributed by atoms with Crippen molar-refractivity contribution in [3.63, 3.8) is 0 Å². The summed E-state index contributed by atoms with van der Waals surface area (Å²) >= 11 is 7.27. The zero-order valence-electron chi connectivity index (χ0n) is 11.7. The van der Waals surface area contributed by atoms with Crippen LogP contribution >= 0.6 is 31.9 Å². The lowest BCUT2D eigenvalue weighted by atomic mass is 9.98. The molecule has 2 rings (SSSR count). The molecule has 0 fully saturated rings. The van der Waals surface area contributed by atoms with Gasteiger partial charge in [0.2, 0.25) is 0 Å². The van der Waals surface area contributed by atoms with Gasteiger partial charge in [0, 0.05) is 8.95 Å². The van der Waals surface area contributed by atoms with Crippen molar-refractivity contribution in [1.82, 2.24) is 5.32 Å². The van der Waals surface area contributed by atoms with E-state index in [2.05, 4.69) is 68.4 Å². The molecule has 0 aliphatic carbocycles. The quantitative estimate of drug-likeness (QED) is 0.795. The molecule has 2 aromatic carbocycles. The maximum atomic E-state index is 5.21. The van der Waals surface area contributed by atoms with E-state index >= 15 is 0 Å². The molecule has 4 heteroatoms. The first-order chi connectivity index (χ1) is 9.56. The van der Waals surface area contributed by atoms with E-state index < -0.39 is 0 Å². The molecule has 20 heavy (non-hydrogen) atoms. The van der Waals surface area contributed by atoms with Crippen LogP contribution in [0.1, 0.15) is 22.7 Å². The zero-order chi connectivity index (χ0) is 14.7. The zero-order valence-corrected chi connectivity index (χ0v) is 14.9. The molecule has 0 aliphatic heterocycles. The van der Waals surface area contributed by atoms with Gasteiger partial charge in [-0.25, -0.2) is 0 Å². The van der Waals surface area contributed by atoms with Gasteiger partial charge in [0.05, 0.1) is 13.2 Å². The summed E-state index contributed by atoms with van der Waals surface area (Å²) in [5.41, 5.74) is 3.62. The van der Waals surface area contributed by atoms with Crippen LogP contribution in [0.15, 0.2) is 45.3 Å². The van der Waals surface area contributed by atoms with Crippen molar-refractivity contribution in [2.24, 2.45) is 0 Å². The highest BCUT2D eigenvalue weighted by molar-refractivity contribution is 9.11. The van der Waals surface area contributed by atoms with Crippen LogP contribution in [0.25, 0.3) is 0 Å². The highest BCUT2D eigenvalue weighted by atomic mass is 79.9. The molecule has 0 amide bonds. The molecule has 0 spiro atoms. The molecular formula is C16H17Br2NO. The molecule has 0 saturated heterocycles. The number of ether oxygens (including phenoxy) is 1. The van der Waals surface area contributed by atoms with Crippen LogP contribution in [-0.4, -0.2) is 14.2 Å². The molecule has 0 bridgehead atoms. The summed E-state index contributed by atoms with van der Waals surface area (Å²) in [6.45, 7) is 2.08. The van der Waals surface area contributed by atoms with Crippen molar-refractivity contribution >= 4 is 31.9 Å². The predicted molar refractivity (Wildman–Crippen MR) is 90.5 cm³/mol. The Morgan fingerprint density at radius 1 is 1.05 bits per heavy atom. The Balaban J connectivity index is 2.43. The number of halogens is 2. The van der Waals surface area contributed by atoms with Gasteiger partial charge in [-0.05, 0) is 54.9 Å². The molecule has 1 N–H and O–H groups in total. The van der Waals surface area contributed by atoms with E-state index in [4.69, 9.17) is 4.74 Å². The van der Waals surface area contributed by atoms with Gasteiger partial charge in [-0.3, -0.25) is 0 Å². The Kier molecular flexibility index (Phi) is 5.24. The Labute approximate surface area is 136 Å². The second-order valence-electron chi connectivity index (χ2n) is 4.62. The van der Waals surface area contributed by atoms with Crippen molar-refractivity contribution in [3.8, 4) is 5.75 Å². The third-order valence-corrected chi connectivity index (χ3v) is 4.87. The van der Waals surface area contributed by atoms with Gasteiger partial charge in [-0.1, -0.05) is 44.0 Å². The first kappa shape index (κ1) is 15.5. The normalized spacial score (nSPS) is 12.2. The van der Waals surface area contributed by atoms with E-state index in [0.29, 0.717) is 0 Å². The molecule has 2 nitrogen and oxygen atoms in total. The Morgan fingerprint density at radius 3 is 2.25 bits per heavy atom. The van der Waals surface area contributed by atoms with Crippen LogP contribution in [0.3, 0.4) is 0 Å². The fourth-order valence-electron chi connectivity index (χ4n) is 2.18. The monoisotopic (exact) mass is 397 g/mol. The van der Waals surface area contributed by atoms with E-state index in [1.807, 2.05) is 19.2 Å². The third-order valence-electron chi connectivity index (χ3n) is 3.33. The molecule has 0 heterocycles. The highest BCUT2D eigenvalue weighted by Crippen LogP contribution is 2.33. The standard InChI is InChI=1S/C16H17Br2NO/c1-10-8-15(18)13(9-14(10)17)16(19-2)11-4-6-12(20-3)7-5-11/h4-9,16,19H,1-3H3. The number of benzene rings is 2. The topological polar surface area (TPSA) is 21.3 Å². The number of hydrogen-bond donors (Lipinski definition) is 1. The Bertz CT molecular complexity index is 596. The fraction of sp³-hybridized carbons (Fsp3) is 0.250. The summed E-state index contributed by atoms with van der Waals surface area (Å²) in [4.78, 5) is 0. The highest BCUT2D eigenvalue weighted by Gasteiger charge is 2.16. The number of aryl methyl sites for hydroxylation is 1. The summed E-state index contributed by atoms with van der Waals surface area (Å²) in [7, 11) is 3.65. The number of hydrogen-bond acceptors (Lipinski definition) is 2. The SMILES string of the molecule is CNC(c1ccc(OC)cc1)c1cc(Br)c(C)cc1Br.